The second-order valence-corrected chi connectivity index (χ2v) is 5.75. The number of hydrogen-bond acceptors (Lipinski definition) is 4. The molecule has 0 amide bonds. The van der Waals surface area contributed by atoms with Gasteiger partial charge in [0.25, 0.3) is 0 Å². The number of aliphatic hydroxyl groups is 2. The fourth-order valence-electron chi connectivity index (χ4n) is 2.22. The molecule has 0 aromatic heterocycles. The van der Waals surface area contributed by atoms with E-state index in [0.717, 1.165) is 11.1 Å². The Morgan fingerprint density at radius 3 is 2.04 bits per heavy atom. The van der Waals surface area contributed by atoms with Crippen LogP contribution in [0.5, 0.6) is 11.5 Å². The summed E-state index contributed by atoms with van der Waals surface area (Å²) >= 11 is 0. The zero-order valence-corrected chi connectivity index (χ0v) is 14.3. The van der Waals surface area contributed by atoms with E-state index in [1.54, 1.807) is 0 Å². The third kappa shape index (κ3) is 4.98. The van der Waals surface area contributed by atoms with Crippen molar-refractivity contribution in [3.8, 4) is 22.6 Å². The summed E-state index contributed by atoms with van der Waals surface area (Å²) < 4.78 is 11.6. The first kappa shape index (κ1) is 18.3. The molecule has 0 saturated heterocycles. The quantitative estimate of drug-likeness (QED) is 0.737. The van der Waals surface area contributed by atoms with Gasteiger partial charge in [-0.25, -0.2) is 0 Å². The first-order valence-corrected chi connectivity index (χ1v) is 8.45. The maximum Gasteiger partial charge on any atom is 0.169 e. The topological polar surface area (TPSA) is 58.9 Å². The summed E-state index contributed by atoms with van der Waals surface area (Å²) in [5.41, 5.74) is 1.92. The molecular formula is C20H26O4. The smallest absolute Gasteiger partial charge is 0.169 e. The lowest BCUT2D eigenvalue weighted by Crippen LogP contribution is -2.19. The first-order chi connectivity index (χ1) is 11.7. The molecule has 2 rings (SSSR count). The Balaban J connectivity index is 2.31. The van der Waals surface area contributed by atoms with Crippen LogP contribution in [-0.4, -0.2) is 35.6 Å². The van der Waals surface area contributed by atoms with E-state index in [4.69, 9.17) is 9.47 Å². The van der Waals surface area contributed by atoms with Gasteiger partial charge in [0, 0.05) is 5.56 Å². The zero-order valence-electron chi connectivity index (χ0n) is 14.3. The summed E-state index contributed by atoms with van der Waals surface area (Å²) in [4.78, 5) is 0. The second kappa shape index (κ2) is 9.30. The lowest BCUT2D eigenvalue weighted by atomic mass is 10.0. The molecule has 0 radical (unpaired) electrons. The maximum absolute atomic E-state index is 9.82. The van der Waals surface area contributed by atoms with Crippen LogP contribution in [-0.2, 0) is 0 Å². The standard InChI is InChI=1S/C20H26O4/c1-3-16(21)13-23-19-12-8-11-18(15-9-6-5-7-10-15)20(19)24-14-17(22)4-2/h5-12,16-17,21-22H,3-4,13-14H2,1-2H3. The highest BCUT2D eigenvalue weighted by Crippen LogP contribution is 2.38. The molecule has 2 unspecified atom stereocenters. The minimum absolute atomic E-state index is 0.201. The normalized spacial score (nSPS) is 13.3. The van der Waals surface area contributed by atoms with Crippen LogP contribution < -0.4 is 9.47 Å². The minimum atomic E-state index is -0.525. The van der Waals surface area contributed by atoms with E-state index in [-0.39, 0.29) is 13.2 Å². The number of rotatable bonds is 9. The highest BCUT2D eigenvalue weighted by Gasteiger charge is 2.15. The predicted octanol–water partition coefficient (Wildman–Crippen LogP) is 3.65. The van der Waals surface area contributed by atoms with Crippen molar-refractivity contribution >= 4 is 0 Å². The van der Waals surface area contributed by atoms with Crippen LogP contribution in [0.2, 0.25) is 0 Å². The Labute approximate surface area is 143 Å². The third-order valence-corrected chi connectivity index (χ3v) is 3.86. The number of hydrogen-bond donors (Lipinski definition) is 2. The van der Waals surface area contributed by atoms with Crippen LogP contribution in [0.3, 0.4) is 0 Å². The van der Waals surface area contributed by atoms with Crippen LogP contribution in [0.25, 0.3) is 11.1 Å². The van der Waals surface area contributed by atoms with Crippen molar-refractivity contribution < 1.29 is 19.7 Å². The molecule has 0 fully saturated rings. The molecule has 0 heterocycles. The van der Waals surface area contributed by atoms with E-state index in [9.17, 15) is 10.2 Å². The maximum atomic E-state index is 9.82. The molecule has 4 heteroatoms. The minimum Gasteiger partial charge on any atom is -0.487 e. The largest absolute Gasteiger partial charge is 0.487 e. The summed E-state index contributed by atoms with van der Waals surface area (Å²) in [5.74, 6) is 1.17. The van der Waals surface area contributed by atoms with Gasteiger partial charge in [0.15, 0.2) is 11.5 Å². The van der Waals surface area contributed by atoms with Gasteiger partial charge in [-0.1, -0.05) is 56.3 Å². The SMILES string of the molecule is CCC(O)COc1cccc(-c2ccccc2)c1OCC(O)CC. The summed E-state index contributed by atoms with van der Waals surface area (Å²) in [6.07, 6.45) is 0.212. The first-order valence-electron chi connectivity index (χ1n) is 8.45. The van der Waals surface area contributed by atoms with E-state index < -0.39 is 12.2 Å². The van der Waals surface area contributed by atoms with Crippen molar-refractivity contribution in [2.75, 3.05) is 13.2 Å². The van der Waals surface area contributed by atoms with E-state index in [1.807, 2.05) is 62.4 Å². The molecule has 0 spiro atoms. The van der Waals surface area contributed by atoms with Crippen LogP contribution >= 0.6 is 0 Å². The van der Waals surface area contributed by atoms with E-state index in [0.29, 0.717) is 24.3 Å². The van der Waals surface area contributed by atoms with Crippen molar-refractivity contribution in [2.24, 2.45) is 0 Å². The van der Waals surface area contributed by atoms with E-state index in [1.165, 1.54) is 0 Å². The van der Waals surface area contributed by atoms with Gasteiger partial charge < -0.3 is 19.7 Å². The van der Waals surface area contributed by atoms with Gasteiger partial charge in [-0.15, -0.1) is 0 Å². The van der Waals surface area contributed by atoms with Crippen molar-refractivity contribution in [2.45, 2.75) is 38.9 Å². The van der Waals surface area contributed by atoms with Crippen LogP contribution in [0, 0.1) is 0 Å². The van der Waals surface area contributed by atoms with Gasteiger partial charge in [0.2, 0.25) is 0 Å². The molecule has 24 heavy (non-hydrogen) atoms. The highest BCUT2D eigenvalue weighted by atomic mass is 16.5. The summed E-state index contributed by atoms with van der Waals surface area (Å²) in [6.45, 7) is 4.23. The van der Waals surface area contributed by atoms with E-state index >= 15 is 0 Å². The van der Waals surface area contributed by atoms with Crippen molar-refractivity contribution in [3.05, 3.63) is 48.5 Å². The monoisotopic (exact) mass is 330 g/mol. The van der Waals surface area contributed by atoms with E-state index in [2.05, 4.69) is 0 Å². The Morgan fingerprint density at radius 1 is 0.792 bits per heavy atom. The molecule has 2 aromatic rings. The molecule has 0 saturated carbocycles. The average Bonchev–Trinajstić information content (AvgIpc) is 2.64. The average molecular weight is 330 g/mol. The molecule has 4 nitrogen and oxygen atoms in total. The molecule has 0 aliphatic carbocycles. The lowest BCUT2D eigenvalue weighted by Gasteiger charge is -2.19. The summed E-state index contributed by atoms with van der Waals surface area (Å²) in [5, 5.41) is 19.6. The van der Waals surface area contributed by atoms with Gasteiger partial charge in [-0.3, -0.25) is 0 Å². The Bertz CT molecular complexity index is 612. The van der Waals surface area contributed by atoms with Gasteiger partial charge in [-0.05, 0) is 24.5 Å². The van der Waals surface area contributed by atoms with Crippen molar-refractivity contribution in [3.63, 3.8) is 0 Å². The Hall–Kier alpha value is -2.04. The molecule has 0 aliphatic heterocycles. The predicted molar refractivity (Wildman–Crippen MR) is 95.5 cm³/mol. The number of ether oxygens (including phenoxy) is 2. The Kier molecular flexibility index (Phi) is 7.09. The van der Waals surface area contributed by atoms with Crippen molar-refractivity contribution in [1.82, 2.24) is 0 Å². The van der Waals surface area contributed by atoms with Crippen LogP contribution in [0.15, 0.2) is 48.5 Å². The lowest BCUT2D eigenvalue weighted by molar-refractivity contribution is 0.0906. The van der Waals surface area contributed by atoms with Crippen LogP contribution in [0.1, 0.15) is 26.7 Å². The second-order valence-electron chi connectivity index (χ2n) is 5.75. The third-order valence-electron chi connectivity index (χ3n) is 3.86. The number of para-hydroxylation sites is 1. The fraction of sp³-hybridized carbons (Fsp3) is 0.400. The fourth-order valence-corrected chi connectivity index (χ4v) is 2.22. The van der Waals surface area contributed by atoms with Gasteiger partial charge >= 0.3 is 0 Å². The van der Waals surface area contributed by atoms with Crippen molar-refractivity contribution in [1.29, 1.82) is 0 Å². The molecule has 2 N–H and O–H groups in total. The molecule has 130 valence electrons. The van der Waals surface area contributed by atoms with Gasteiger partial charge in [0.1, 0.15) is 13.2 Å². The van der Waals surface area contributed by atoms with Gasteiger partial charge in [0.05, 0.1) is 12.2 Å². The number of benzene rings is 2. The molecule has 2 aromatic carbocycles. The van der Waals surface area contributed by atoms with Gasteiger partial charge in [-0.2, -0.15) is 0 Å². The zero-order chi connectivity index (χ0) is 17.4. The Morgan fingerprint density at radius 2 is 1.42 bits per heavy atom. The molecule has 0 bridgehead atoms. The molecule has 0 aliphatic rings. The number of aliphatic hydroxyl groups excluding tert-OH is 2. The summed E-state index contributed by atoms with van der Waals surface area (Å²) in [6, 6.07) is 15.6. The molecular weight excluding hydrogens is 304 g/mol. The summed E-state index contributed by atoms with van der Waals surface area (Å²) in [7, 11) is 0. The molecule has 2 atom stereocenters. The highest BCUT2D eigenvalue weighted by molar-refractivity contribution is 5.73. The van der Waals surface area contributed by atoms with Crippen LogP contribution in [0.4, 0.5) is 0 Å².